The number of hydrogen-bond donors (Lipinski definition) is 1. The number of phenols is 1. The van der Waals surface area contributed by atoms with Gasteiger partial charge in [-0.1, -0.05) is 30.0 Å². The van der Waals surface area contributed by atoms with Crippen LogP contribution in [0.15, 0.2) is 58.3 Å². The van der Waals surface area contributed by atoms with E-state index in [1.54, 1.807) is 19.1 Å². The molecule has 0 saturated carbocycles. The molecule has 0 amide bonds. The van der Waals surface area contributed by atoms with Gasteiger partial charge in [0.1, 0.15) is 5.75 Å². The van der Waals surface area contributed by atoms with Crippen molar-refractivity contribution in [2.24, 2.45) is 0 Å². The van der Waals surface area contributed by atoms with Crippen molar-refractivity contribution >= 4 is 17.5 Å². The van der Waals surface area contributed by atoms with Crippen molar-refractivity contribution < 1.29 is 9.90 Å². The molecule has 0 heterocycles. The Labute approximate surface area is 104 Å². The highest BCUT2D eigenvalue weighted by Gasteiger charge is 2.07. The summed E-state index contributed by atoms with van der Waals surface area (Å²) in [4.78, 5) is 13.4. The third kappa shape index (κ3) is 2.88. The SMILES string of the molecule is CC(=O)c1ccccc1Sc1ccc(O)cc1. The van der Waals surface area contributed by atoms with Gasteiger partial charge in [0.15, 0.2) is 5.78 Å². The van der Waals surface area contributed by atoms with Crippen molar-refractivity contribution in [2.75, 3.05) is 0 Å². The van der Waals surface area contributed by atoms with E-state index < -0.39 is 0 Å². The second kappa shape index (κ2) is 5.06. The molecule has 0 unspecified atom stereocenters. The lowest BCUT2D eigenvalue weighted by atomic mass is 10.1. The average Bonchev–Trinajstić information content (AvgIpc) is 2.32. The molecule has 2 aromatic carbocycles. The number of aromatic hydroxyl groups is 1. The fourth-order valence-corrected chi connectivity index (χ4v) is 2.48. The van der Waals surface area contributed by atoms with E-state index in [-0.39, 0.29) is 11.5 Å². The van der Waals surface area contributed by atoms with Gasteiger partial charge in [0, 0.05) is 15.4 Å². The van der Waals surface area contributed by atoms with Crippen LogP contribution < -0.4 is 0 Å². The maximum Gasteiger partial charge on any atom is 0.160 e. The first kappa shape index (κ1) is 11.7. The topological polar surface area (TPSA) is 37.3 Å². The van der Waals surface area contributed by atoms with E-state index in [1.165, 1.54) is 11.8 Å². The zero-order chi connectivity index (χ0) is 12.3. The van der Waals surface area contributed by atoms with Crippen LogP contribution in [0.4, 0.5) is 0 Å². The average molecular weight is 244 g/mol. The Balaban J connectivity index is 2.30. The lowest BCUT2D eigenvalue weighted by Crippen LogP contribution is -1.93. The third-order valence-electron chi connectivity index (χ3n) is 2.33. The van der Waals surface area contributed by atoms with Gasteiger partial charge in [0.25, 0.3) is 0 Å². The Morgan fingerprint density at radius 2 is 1.71 bits per heavy atom. The van der Waals surface area contributed by atoms with E-state index in [1.807, 2.05) is 36.4 Å². The molecule has 0 bridgehead atoms. The van der Waals surface area contributed by atoms with Crippen molar-refractivity contribution in [2.45, 2.75) is 16.7 Å². The van der Waals surface area contributed by atoms with Crippen LogP contribution in [0, 0.1) is 0 Å². The fourth-order valence-electron chi connectivity index (χ4n) is 1.49. The van der Waals surface area contributed by atoms with Crippen molar-refractivity contribution in [3.05, 3.63) is 54.1 Å². The van der Waals surface area contributed by atoms with Crippen LogP contribution in [-0.2, 0) is 0 Å². The minimum absolute atomic E-state index is 0.0619. The highest BCUT2D eigenvalue weighted by molar-refractivity contribution is 7.99. The molecule has 3 heteroatoms. The number of hydrogen-bond acceptors (Lipinski definition) is 3. The lowest BCUT2D eigenvalue weighted by molar-refractivity contribution is 0.101. The van der Waals surface area contributed by atoms with E-state index in [4.69, 9.17) is 0 Å². The maximum atomic E-state index is 11.5. The monoisotopic (exact) mass is 244 g/mol. The number of carbonyl (C=O) groups excluding carboxylic acids is 1. The maximum absolute atomic E-state index is 11.5. The van der Waals surface area contributed by atoms with Gasteiger partial charge >= 0.3 is 0 Å². The van der Waals surface area contributed by atoms with Crippen molar-refractivity contribution in [3.8, 4) is 5.75 Å². The van der Waals surface area contributed by atoms with E-state index in [2.05, 4.69) is 0 Å². The highest BCUT2D eigenvalue weighted by atomic mass is 32.2. The molecule has 1 N–H and O–H groups in total. The zero-order valence-electron chi connectivity index (χ0n) is 9.38. The summed E-state index contributed by atoms with van der Waals surface area (Å²) in [5, 5.41) is 9.20. The lowest BCUT2D eigenvalue weighted by Gasteiger charge is -2.06. The first-order chi connectivity index (χ1) is 8.16. The van der Waals surface area contributed by atoms with Gasteiger partial charge in [0.2, 0.25) is 0 Å². The van der Waals surface area contributed by atoms with Crippen LogP contribution in [0.2, 0.25) is 0 Å². The summed E-state index contributed by atoms with van der Waals surface area (Å²) in [6.07, 6.45) is 0. The number of Topliss-reactive ketones (excluding diaryl/α,β-unsaturated/α-hetero) is 1. The zero-order valence-corrected chi connectivity index (χ0v) is 10.2. The van der Waals surface area contributed by atoms with Gasteiger partial charge in [-0.2, -0.15) is 0 Å². The molecule has 0 atom stereocenters. The molecule has 2 nitrogen and oxygen atoms in total. The summed E-state index contributed by atoms with van der Waals surface area (Å²) in [6, 6.07) is 14.5. The fraction of sp³-hybridized carbons (Fsp3) is 0.0714. The van der Waals surface area contributed by atoms with Gasteiger partial charge in [-0.05, 0) is 37.3 Å². The molecule has 2 rings (SSSR count). The summed E-state index contributed by atoms with van der Waals surface area (Å²) in [5.41, 5.74) is 0.727. The smallest absolute Gasteiger partial charge is 0.160 e. The number of benzene rings is 2. The quantitative estimate of drug-likeness (QED) is 0.835. The summed E-state index contributed by atoms with van der Waals surface area (Å²) in [7, 11) is 0. The highest BCUT2D eigenvalue weighted by Crippen LogP contribution is 2.31. The normalized spacial score (nSPS) is 10.2. The van der Waals surface area contributed by atoms with E-state index in [0.29, 0.717) is 0 Å². The number of phenolic OH excluding ortho intramolecular Hbond substituents is 1. The van der Waals surface area contributed by atoms with E-state index in [9.17, 15) is 9.90 Å². The van der Waals surface area contributed by atoms with Gasteiger partial charge in [0.05, 0.1) is 0 Å². The Hall–Kier alpha value is -1.74. The number of ketones is 1. The van der Waals surface area contributed by atoms with Gasteiger partial charge in [-0.15, -0.1) is 0 Å². The molecule has 0 aliphatic heterocycles. The van der Waals surface area contributed by atoms with Crippen LogP contribution in [0.5, 0.6) is 5.75 Å². The Kier molecular flexibility index (Phi) is 3.49. The Bertz CT molecular complexity index is 532. The van der Waals surface area contributed by atoms with Crippen molar-refractivity contribution in [1.29, 1.82) is 0 Å². The predicted octanol–water partition coefficient (Wildman–Crippen LogP) is 3.75. The molecule has 0 saturated heterocycles. The van der Waals surface area contributed by atoms with Crippen LogP contribution in [0.3, 0.4) is 0 Å². The van der Waals surface area contributed by atoms with Gasteiger partial charge < -0.3 is 5.11 Å². The second-order valence-corrected chi connectivity index (χ2v) is 4.76. The van der Waals surface area contributed by atoms with Crippen LogP contribution in [0.1, 0.15) is 17.3 Å². The summed E-state index contributed by atoms with van der Waals surface area (Å²) in [5.74, 6) is 0.307. The Morgan fingerprint density at radius 3 is 2.35 bits per heavy atom. The molecule has 0 aromatic heterocycles. The van der Waals surface area contributed by atoms with E-state index in [0.717, 1.165) is 15.4 Å². The van der Waals surface area contributed by atoms with Crippen molar-refractivity contribution in [3.63, 3.8) is 0 Å². The summed E-state index contributed by atoms with van der Waals surface area (Å²) >= 11 is 1.52. The van der Waals surface area contributed by atoms with Crippen LogP contribution >= 0.6 is 11.8 Å². The third-order valence-corrected chi connectivity index (χ3v) is 3.41. The number of carbonyl (C=O) groups is 1. The molecular weight excluding hydrogens is 232 g/mol. The van der Waals surface area contributed by atoms with Gasteiger partial charge in [-0.3, -0.25) is 4.79 Å². The van der Waals surface area contributed by atoms with Gasteiger partial charge in [-0.25, -0.2) is 0 Å². The van der Waals surface area contributed by atoms with E-state index >= 15 is 0 Å². The first-order valence-corrected chi connectivity index (χ1v) is 6.05. The van der Waals surface area contributed by atoms with Crippen molar-refractivity contribution in [1.82, 2.24) is 0 Å². The second-order valence-electron chi connectivity index (χ2n) is 3.65. The van der Waals surface area contributed by atoms with Crippen LogP contribution in [0.25, 0.3) is 0 Å². The predicted molar refractivity (Wildman–Crippen MR) is 68.7 cm³/mol. The standard InChI is InChI=1S/C14H12O2S/c1-10(15)13-4-2-3-5-14(13)17-12-8-6-11(16)7-9-12/h2-9,16H,1H3. The minimum Gasteiger partial charge on any atom is -0.508 e. The molecule has 0 aliphatic carbocycles. The Morgan fingerprint density at radius 1 is 1.06 bits per heavy atom. The summed E-state index contributed by atoms with van der Waals surface area (Å²) < 4.78 is 0. The molecule has 0 radical (unpaired) electrons. The largest absolute Gasteiger partial charge is 0.508 e. The summed E-state index contributed by atoms with van der Waals surface area (Å²) in [6.45, 7) is 1.57. The molecular formula is C14H12O2S. The molecule has 0 aliphatic rings. The molecule has 17 heavy (non-hydrogen) atoms. The molecule has 0 fully saturated rings. The number of rotatable bonds is 3. The molecule has 0 spiro atoms. The molecule has 86 valence electrons. The minimum atomic E-state index is 0.0619. The first-order valence-electron chi connectivity index (χ1n) is 5.23. The van der Waals surface area contributed by atoms with Crippen LogP contribution in [-0.4, -0.2) is 10.9 Å². The molecule has 2 aromatic rings.